The Balaban J connectivity index is 1.07. The fourth-order valence-corrected chi connectivity index (χ4v) is 7.56. The number of hydrogen-bond acceptors (Lipinski definition) is 9. The Labute approximate surface area is 273 Å². The zero-order chi connectivity index (χ0) is 32.1. The molecule has 47 heavy (non-hydrogen) atoms. The molecule has 4 aromatic heterocycles. The molecule has 0 aromatic carbocycles. The van der Waals surface area contributed by atoms with Gasteiger partial charge >= 0.3 is 0 Å². The molecule has 244 valence electrons. The summed E-state index contributed by atoms with van der Waals surface area (Å²) < 4.78 is 9.38. The van der Waals surface area contributed by atoms with Gasteiger partial charge in [0.1, 0.15) is 23.6 Å². The molecule has 0 bridgehead atoms. The third-order valence-electron chi connectivity index (χ3n) is 10.2. The third kappa shape index (κ3) is 5.30. The maximum atomic E-state index is 13.9. The zero-order valence-electron chi connectivity index (χ0n) is 26.7. The number of aryl methyl sites for hydroxylation is 1. The van der Waals surface area contributed by atoms with Gasteiger partial charge in [0.15, 0.2) is 0 Å². The van der Waals surface area contributed by atoms with Crippen LogP contribution in [0.2, 0.25) is 0 Å². The fraction of sp³-hybridized carbons (Fsp3) is 0.429. The average molecular weight is 637 g/mol. The van der Waals surface area contributed by atoms with Gasteiger partial charge in [-0.1, -0.05) is 0 Å². The van der Waals surface area contributed by atoms with Gasteiger partial charge in [0.25, 0.3) is 11.5 Å². The van der Waals surface area contributed by atoms with Crippen LogP contribution in [0.15, 0.2) is 53.6 Å². The number of hydrogen-bond donors (Lipinski definition) is 2. The predicted molar refractivity (Wildman–Crippen MR) is 179 cm³/mol. The number of ether oxygens (including phenoxy) is 1. The molecule has 2 saturated heterocycles. The van der Waals surface area contributed by atoms with Gasteiger partial charge in [0.2, 0.25) is 0 Å². The van der Waals surface area contributed by atoms with Crippen LogP contribution in [-0.2, 0) is 37.8 Å². The van der Waals surface area contributed by atoms with Crippen LogP contribution >= 0.6 is 0 Å². The first-order valence-corrected chi connectivity index (χ1v) is 16.7. The van der Waals surface area contributed by atoms with E-state index in [1.54, 1.807) is 34.8 Å². The van der Waals surface area contributed by atoms with Crippen molar-refractivity contribution in [2.75, 3.05) is 54.4 Å². The van der Waals surface area contributed by atoms with Gasteiger partial charge in [-0.2, -0.15) is 0 Å². The molecule has 4 aromatic rings. The molecule has 1 aliphatic carbocycles. The summed E-state index contributed by atoms with van der Waals surface area (Å²) in [7, 11) is 1.71. The van der Waals surface area contributed by atoms with Crippen LogP contribution in [0.1, 0.15) is 46.6 Å². The summed E-state index contributed by atoms with van der Waals surface area (Å²) in [5.74, 6) is 0.924. The number of aliphatic hydroxyl groups excluding tert-OH is 1. The highest BCUT2D eigenvalue weighted by atomic mass is 16.5. The number of nitrogens with zero attached hydrogens (tertiary/aromatic N) is 7. The Kier molecular flexibility index (Phi) is 7.78. The van der Waals surface area contributed by atoms with Crippen molar-refractivity contribution in [2.45, 2.75) is 51.5 Å². The fourth-order valence-electron chi connectivity index (χ4n) is 7.56. The minimum atomic E-state index is -0.352. The van der Waals surface area contributed by atoms with Crippen molar-refractivity contribution in [3.63, 3.8) is 0 Å². The summed E-state index contributed by atoms with van der Waals surface area (Å²) in [4.78, 5) is 42.6. The standard InChI is InChI=1S/C35H40N8O4/c1-39-31(45)9-7-27(38-30-8-6-24(21-37-30)40-13-15-41(16-14-40)32-11-19-47-32)33(39)25-10-12-36-34(26(25)22-44)43-18-17-42-28-5-3-2-4-23(28)20-29(42)35(43)46/h6-10,12,20-21,32,44H,2-5,11,13-19,22H2,1H3,(H,37,38). The molecule has 1 unspecified atom stereocenters. The molecule has 12 nitrogen and oxygen atoms in total. The molecule has 3 aliphatic heterocycles. The van der Waals surface area contributed by atoms with Gasteiger partial charge in [-0.25, -0.2) is 9.97 Å². The van der Waals surface area contributed by atoms with E-state index in [-0.39, 0.29) is 24.3 Å². The van der Waals surface area contributed by atoms with Crippen molar-refractivity contribution in [3.05, 3.63) is 81.7 Å². The first kappa shape index (κ1) is 29.9. The molecular weight excluding hydrogens is 596 g/mol. The van der Waals surface area contributed by atoms with Gasteiger partial charge in [-0.05, 0) is 61.6 Å². The minimum Gasteiger partial charge on any atom is -0.392 e. The van der Waals surface area contributed by atoms with E-state index >= 15 is 0 Å². The SMILES string of the molecule is Cn1c(-c2ccnc(N3CCn4c(cc5c4CCCC5)C3=O)c2CO)c(Nc2ccc(N3CCN(C4CCO4)CC3)cn2)ccc1=O. The monoisotopic (exact) mass is 636 g/mol. The molecule has 8 rings (SSSR count). The lowest BCUT2D eigenvalue weighted by Crippen LogP contribution is -2.54. The number of rotatable bonds is 7. The topological polar surface area (TPSA) is 121 Å². The Morgan fingerprint density at radius 2 is 1.81 bits per heavy atom. The number of pyridine rings is 3. The van der Waals surface area contributed by atoms with Gasteiger partial charge in [0, 0.05) is 81.8 Å². The van der Waals surface area contributed by atoms with E-state index in [0.29, 0.717) is 52.9 Å². The van der Waals surface area contributed by atoms with E-state index in [0.717, 1.165) is 70.6 Å². The van der Waals surface area contributed by atoms with Crippen LogP contribution in [0.3, 0.4) is 0 Å². The number of amides is 1. The number of fused-ring (bicyclic) bond motifs is 3. The lowest BCUT2D eigenvalue weighted by Gasteiger charge is -2.43. The Morgan fingerprint density at radius 3 is 2.55 bits per heavy atom. The summed E-state index contributed by atoms with van der Waals surface area (Å²) in [6.45, 7) is 5.40. The molecule has 4 aliphatic rings. The summed E-state index contributed by atoms with van der Waals surface area (Å²) in [5.41, 5.74) is 6.43. The molecule has 1 amide bonds. The normalized spacial score (nSPS) is 19.7. The van der Waals surface area contributed by atoms with Crippen molar-refractivity contribution < 1.29 is 14.6 Å². The van der Waals surface area contributed by atoms with Crippen LogP contribution < -0.4 is 20.7 Å². The Bertz CT molecular complexity index is 1870. The average Bonchev–Trinajstić information content (AvgIpc) is 3.46. The van der Waals surface area contributed by atoms with Crippen LogP contribution in [0.25, 0.3) is 11.3 Å². The predicted octanol–water partition coefficient (Wildman–Crippen LogP) is 3.29. The van der Waals surface area contributed by atoms with Crippen LogP contribution in [-0.4, -0.2) is 80.6 Å². The van der Waals surface area contributed by atoms with Gasteiger partial charge < -0.3 is 29.2 Å². The lowest BCUT2D eigenvalue weighted by molar-refractivity contribution is -0.145. The van der Waals surface area contributed by atoms with E-state index in [9.17, 15) is 14.7 Å². The number of carbonyl (C=O) groups excluding carboxylic acids is 1. The minimum absolute atomic E-state index is 0.118. The van der Waals surface area contributed by atoms with E-state index in [4.69, 9.17) is 9.72 Å². The summed E-state index contributed by atoms with van der Waals surface area (Å²) in [6.07, 6.45) is 9.20. The summed E-state index contributed by atoms with van der Waals surface area (Å²) in [6, 6.07) is 11.1. The number of nitrogens with one attached hydrogen (secondary N) is 1. The molecule has 12 heteroatoms. The largest absolute Gasteiger partial charge is 0.392 e. The highest BCUT2D eigenvalue weighted by molar-refractivity contribution is 6.06. The van der Waals surface area contributed by atoms with E-state index in [1.807, 2.05) is 18.3 Å². The number of aromatic nitrogens is 4. The molecule has 2 N–H and O–H groups in total. The second-order valence-corrected chi connectivity index (χ2v) is 12.8. The first-order chi connectivity index (χ1) is 23.0. The number of aliphatic hydroxyl groups is 1. The van der Waals surface area contributed by atoms with Gasteiger partial charge in [-0.3, -0.25) is 19.4 Å². The second kappa shape index (κ2) is 12.3. The number of carbonyl (C=O) groups is 1. The van der Waals surface area contributed by atoms with Crippen LogP contribution in [0.5, 0.6) is 0 Å². The highest BCUT2D eigenvalue weighted by Crippen LogP contribution is 2.37. The van der Waals surface area contributed by atoms with Crippen molar-refractivity contribution in [2.24, 2.45) is 7.05 Å². The van der Waals surface area contributed by atoms with Crippen LogP contribution in [0.4, 0.5) is 23.0 Å². The maximum Gasteiger partial charge on any atom is 0.276 e. The third-order valence-corrected chi connectivity index (χ3v) is 10.2. The number of anilines is 4. The smallest absolute Gasteiger partial charge is 0.276 e. The van der Waals surface area contributed by atoms with E-state index < -0.39 is 0 Å². The quantitative estimate of drug-likeness (QED) is 0.315. The highest BCUT2D eigenvalue weighted by Gasteiger charge is 2.33. The zero-order valence-corrected chi connectivity index (χ0v) is 26.7. The molecule has 7 heterocycles. The van der Waals surface area contributed by atoms with Gasteiger partial charge in [-0.15, -0.1) is 0 Å². The molecule has 2 fully saturated rings. The molecule has 0 saturated carbocycles. The first-order valence-electron chi connectivity index (χ1n) is 16.7. The van der Waals surface area contributed by atoms with E-state index in [1.165, 1.54) is 17.3 Å². The van der Waals surface area contributed by atoms with E-state index in [2.05, 4.69) is 30.7 Å². The molecule has 0 spiro atoms. The van der Waals surface area contributed by atoms with Crippen molar-refractivity contribution >= 4 is 28.9 Å². The van der Waals surface area contributed by atoms with Crippen molar-refractivity contribution in [3.8, 4) is 11.3 Å². The van der Waals surface area contributed by atoms with Gasteiger partial charge in [0.05, 0.1) is 36.5 Å². The molecular formula is C35H40N8O4. The maximum absolute atomic E-state index is 13.9. The summed E-state index contributed by atoms with van der Waals surface area (Å²) in [5, 5.41) is 14.2. The van der Waals surface area contributed by atoms with Crippen molar-refractivity contribution in [1.82, 2.24) is 24.0 Å². The Hall–Kier alpha value is -4.52. The second-order valence-electron chi connectivity index (χ2n) is 12.8. The number of piperazine rings is 1. The lowest BCUT2D eigenvalue weighted by atomic mass is 9.98. The molecule has 1 atom stereocenters. The van der Waals surface area contributed by atoms with Crippen LogP contribution in [0, 0.1) is 0 Å². The Morgan fingerprint density at radius 1 is 0.979 bits per heavy atom. The summed E-state index contributed by atoms with van der Waals surface area (Å²) >= 11 is 0. The van der Waals surface area contributed by atoms with Crippen molar-refractivity contribution in [1.29, 1.82) is 0 Å². The molecule has 0 radical (unpaired) electrons.